The fourth-order valence-electron chi connectivity index (χ4n) is 2.41. The van der Waals surface area contributed by atoms with Crippen molar-refractivity contribution >= 4 is 5.91 Å². The number of carbonyl (C=O) groups excluding carboxylic acids is 1. The Bertz CT molecular complexity index is 253. The van der Waals surface area contributed by atoms with Crippen LogP contribution >= 0.6 is 0 Å². The minimum atomic E-state index is -0.781. The molecule has 0 saturated carbocycles. The van der Waals surface area contributed by atoms with Crippen molar-refractivity contribution in [1.29, 1.82) is 0 Å². The number of aliphatic hydroxyl groups is 1. The van der Waals surface area contributed by atoms with Crippen molar-refractivity contribution in [2.24, 2.45) is 11.7 Å². The van der Waals surface area contributed by atoms with Crippen LogP contribution in [0.2, 0.25) is 0 Å². The summed E-state index contributed by atoms with van der Waals surface area (Å²) >= 11 is 0. The highest BCUT2D eigenvalue weighted by atomic mass is 16.3. The van der Waals surface area contributed by atoms with Gasteiger partial charge in [0.1, 0.15) is 0 Å². The largest absolute Gasteiger partial charge is 0.391 e. The Kier molecular flexibility index (Phi) is 4.33. The maximum absolute atomic E-state index is 12.2. The highest BCUT2D eigenvalue weighted by molar-refractivity contribution is 5.86. The van der Waals surface area contributed by atoms with Gasteiger partial charge in [0.15, 0.2) is 0 Å². The van der Waals surface area contributed by atoms with Crippen LogP contribution in [0.3, 0.4) is 0 Å². The van der Waals surface area contributed by atoms with Crippen LogP contribution in [-0.2, 0) is 4.79 Å². The van der Waals surface area contributed by atoms with Crippen LogP contribution < -0.4 is 5.73 Å². The number of carbonyl (C=O) groups is 1. The van der Waals surface area contributed by atoms with Crippen LogP contribution in [0.25, 0.3) is 0 Å². The van der Waals surface area contributed by atoms with E-state index in [2.05, 4.69) is 0 Å². The lowest BCUT2D eigenvalue weighted by molar-refractivity contribution is -0.136. The molecule has 0 radical (unpaired) electrons. The number of hydrogen-bond acceptors (Lipinski definition) is 3. The third-order valence-corrected chi connectivity index (χ3v) is 3.48. The van der Waals surface area contributed by atoms with Crippen molar-refractivity contribution in [1.82, 2.24) is 4.90 Å². The SMILES string of the molecule is CCCC(C)(N)C(=O)N1CC(O)C(CC)C1. The zero-order chi connectivity index (χ0) is 12.3. The topological polar surface area (TPSA) is 66.6 Å². The molecule has 1 fully saturated rings. The monoisotopic (exact) mass is 228 g/mol. The zero-order valence-electron chi connectivity index (χ0n) is 10.6. The van der Waals surface area contributed by atoms with Gasteiger partial charge in [0.2, 0.25) is 5.91 Å². The summed E-state index contributed by atoms with van der Waals surface area (Å²) in [6.45, 7) is 6.92. The fraction of sp³-hybridized carbons (Fsp3) is 0.917. The van der Waals surface area contributed by atoms with E-state index >= 15 is 0 Å². The van der Waals surface area contributed by atoms with Crippen LogP contribution in [0.5, 0.6) is 0 Å². The van der Waals surface area contributed by atoms with Crippen molar-refractivity contribution in [3.05, 3.63) is 0 Å². The van der Waals surface area contributed by atoms with E-state index in [1.165, 1.54) is 0 Å². The predicted octanol–water partition coefficient (Wildman–Crippen LogP) is 0.733. The lowest BCUT2D eigenvalue weighted by atomic mass is 9.96. The molecule has 1 heterocycles. The first-order valence-electron chi connectivity index (χ1n) is 6.18. The molecule has 0 bridgehead atoms. The average Bonchev–Trinajstić information content (AvgIpc) is 2.58. The number of β-amino-alcohol motifs (C(OH)–C–C–N with tert-alkyl or cyclic N) is 1. The lowest BCUT2D eigenvalue weighted by Crippen LogP contribution is -2.52. The maximum atomic E-state index is 12.2. The molecule has 1 aliphatic heterocycles. The Balaban J connectivity index is 2.63. The minimum absolute atomic E-state index is 0.0237. The van der Waals surface area contributed by atoms with E-state index in [4.69, 9.17) is 5.73 Å². The molecule has 1 rings (SSSR count). The highest BCUT2D eigenvalue weighted by Gasteiger charge is 2.38. The summed E-state index contributed by atoms with van der Waals surface area (Å²) in [6.07, 6.45) is 2.10. The van der Waals surface area contributed by atoms with Gasteiger partial charge >= 0.3 is 0 Å². The summed E-state index contributed by atoms with van der Waals surface area (Å²) < 4.78 is 0. The lowest BCUT2D eigenvalue weighted by Gasteiger charge is -2.28. The second-order valence-electron chi connectivity index (χ2n) is 5.11. The van der Waals surface area contributed by atoms with E-state index in [1.54, 1.807) is 11.8 Å². The van der Waals surface area contributed by atoms with Gasteiger partial charge in [-0.1, -0.05) is 20.3 Å². The summed E-state index contributed by atoms with van der Waals surface area (Å²) in [7, 11) is 0. The fourth-order valence-corrected chi connectivity index (χ4v) is 2.41. The Hall–Kier alpha value is -0.610. The van der Waals surface area contributed by atoms with Gasteiger partial charge in [-0.3, -0.25) is 4.79 Å². The molecular formula is C12H24N2O2. The molecule has 1 aliphatic rings. The van der Waals surface area contributed by atoms with Gasteiger partial charge in [0.05, 0.1) is 11.6 Å². The van der Waals surface area contributed by atoms with Gasteiger partial charge in [-0.25, -0.2) is 0 Å². The molecule has 16 heavy (non-hydrogen) atoms. The number of rotatable bonds is 4. The molecule has 3 atom stereocenters. The van der Waals surface area contributed by atoms with Crippen LogP contribution in [0.4, 0.5) is 0 Å². The van der Waals surface area contributed by atoms with Crippen LogP contribution in [0.1, 0.15) is 40.0 Å². The molecule has 1 amide bonds. The number of amides is 1. The van der Waals surface area contributed by atoms with Gasteiger partial charge in [-0.15, -0.1) is 0 Å². The number of nitrogens with two attached hydrogens (primary N) is 1. The second-order valence-corrected chi connectivity index (χ2v) is 5.11. The van der Waals surface area contributed by atoms with E-state index in [1.807, 2.05) is 13.8 Å². The Morgan fingerprint density at radius 1 is 1.50 bits per heavy atom. The number of aliphatic hydroxyl groups excluding tert-OH is 1. The molecule has 3 N–H and O–H groups in total. The molecule has 0 spiro atoms. The van der Waals surface area contributed by atoms with Gasteiger partial charge in [0.25, 0.3) is 0 Å². The van der Waals surface area contributed by atoms with E-state index in [-0.39, 0.29) is 17.9 Å². The molecule has 3 unspecified atom stereocenters. The summed E-state index contributed by atoms with van der Waals surface area (Å²) in [5, 5.41) is 9.77. The Morgan fingerprint density at radius 3 is 2.56 bits per heavy atom. The molecule has 0 aromatic heterocycles. The van der Waals surface area contributed by atoms with Crippen molar-refractivity contribution in [3.63, 3.8) is 0 Å². The van der Waals surface area contributed by atoms with Gasteiger partial charge in [-0.05, 0) is 19.8 Å². The van der Waals surface area contributed by atoms with Crippen molar-refractivity contribution < 1.29 is 9.90 Å². The van der Waals surface area contributed by atoms with Gasteiger partial charge < -0.3 is 15.7 Å². The van der Waals surface area contributed by atoms with E-state index in [9.17, 15) is 9.90 Å². The normalized spacial score (nSPS) is 29.2. The summed E-state index contributed by atoms with van der Waals surface area (Å²) in [5.41, 5.74) is 5.23. The summed E-state index contributed by atoms with van der Waals surface area (Å²) in [5.74, 6) is 0.186. The molecule has 0 aliphatic carbocycles. The first kappa shape index (κ1) is 13.5. The molecule has 4 nitrogen and oxygen atoms in total. The second kappa shape index (κ2) is 5.15. The summed E-state index contributed by atoms with van der Waals surface area (Å²) in [4.78, 5) is 13.9. The van der Waals surface area contributed by atoms with E-state index in [0.29, 0.717) is 19.5 Å². The van der Waals surface area contributed by atoms with E-state index < -0.39 is 5.54 Å². The first-order chi connectivity index (χ1) is 7.42. The van der Waals surface area contributed by atoms with Gasteiger partial charge in [-0.2, -0.15) is 0 Å². The molecule has 0 aromatic rings. The molecule has 94 valence electrons. The number of nitrogens with zero attached hydrogens (tertiary/aromatic N) is 1. The van der Waals surface area contributed by atoms with Crippen molar-refractivity contribution in [3.8, 4) is 0 Å². The molecule has 4 heteroatoms. The first-order valence-corrected chi connectivity index (χ1v) is 6.18. The Labute approximate surface area is 97.8 Å². The Morgan fingerprint density at radius 2 is 2.12 bits per heavy atom. The van der Waals surface area contributed by atoms with Crippen molar-refractivity contribution in [2.75, 3.05) is 13.1 Å². The van der Waals surface area contributed by atoms with Crippen LogP contribution in [-0.4, -0.2) is 40.6 Å². The maximum Gasteiger partial charge on any atom is 0.242 e. The minimum Gasteiger partial charge on any atom is -0.391 e. The molecule has 0 aromatic carbocycles. The van der Waals surface area contributed by atoms with Crippen LogP contribution in [0, 0.1) is 5.92 Å². The predicted molar refractivity (Wildman–Crippen MR) is 63.9 cm³/mol. The molecule has 1 saturated heterocycles. The quantitative estimate of drug-likeness (QED) is 0.745. The van der Waals surface area contributed by atoms with Crippen LogP contribution in [0.15, 0.2) is 0 Å². The molecular weight excluding hydrogens is 204 g/mol. The number of hydrogen-bond donors (Lipinski definition) is 2. The number of likely N-dealkylation sites (tertiary alicyclic amines) is 1. The van der Waals surface area contributed by atoms with Crippen molar-refractivity contribution in [2.45, 2.75) is 51.7 Å². The third-order valence-electron chi connectivity index (χ3n) is 3.48. The third kappa shape index (κ3) is 2.74. The summed E-state index contributed by atoms with van der Waals surface area (Å²) in [6, 6.07) is 0. The van der Waals surface area contributed by atoms with E-state index in [0.717, 1.165) is 12.8 Å². The smallest absolute Gasteiger partial charge is 0.242 e. The van der Waals surface area contributed by atoms with Gasteiger partial charge in [0, 0.05) is 19.0 Å². The standard InChI is InChI=1S/C12H24N2O2/c1-4-6-12(3,13)11(16)14-7-9(5-2)10(15)8-14/h9-10,15H,4-8,13H2,1-3H3. The average molecular weight is 228 g/mol. The highest BCUT2D eigenvalue weighted by Crippen LogP contribution is 2.23. The zero-order valence-corrected chi connectivity index (χ0v) is 10.6.